The highest BCUT2D eigenvalue weighted by Gasteiger charge is 2.32. The molecule has 2 heterocycles. The molecule has 3 aromatic rings. The van der Waals surface area contributed by atoms with Crippen molar-refractivity contribution in [2.45, 2.75) is 6.54 Å². The zero-order valence-electron chi connectivity index (χ0n) is 14.4. The van der Waals surface area contributed by atoms with Gasteiger partial charge in [0.1, 0.15) is 12.7 Å². The summed E-state index contributed by atoms with van der Waals surface area (Å²) in [6.45, 7) is 0.566. The number of amides is 3. The molecule has 0 radical (unpaired) electrons. The Balaban J connectivity index is 1.48. The number of imide groups is 1. The van der Waals surface area contributed by atoms with E-state index in [2.05, 4.69) is 15.4 Å². The molecule has 134 valence electrons. The van der Waals surface area contributed by atoms with E-state index in [1.165, 1.54) is 19.4 Å². The summed E-state index contributed by atoms with van der Waals surface area (Å²) in [5.74, 6) is -1.01. The number of nitrogens with zero attached hydrogens (tertiary/aromatic N) is 4. The first-order chi connectivity index (χ1) is 13.0. The Morgan fingerprint density at radius 3 is 2.48 bits per heavy atom. The van der Waals surface area contributed by atoms with Crippen LogP contribution in [-0.2, 0) is 6.54 Å². The molecule has 1 N–H and O–H groups in total. The number of anilines is 1. The van der Waals surface area contributed by atoms with Crippen molar-refractivity contribution in [3.8, 4) is 0 Å². The van der Waals surface area contributed by atoms with Crippen LogP contribution in [0.3, 0.4) is 0 Å². The van der Waals surface area contributed by atoms with E-state index in [9.17, 15) is 14.4 Å². The molecule has 0 fully saturated rings. The molecule has 3 amide bonds. The van der Waals surface area contributed by atoms with Crippen molar-refractivity contribution < 1.29 is 14.4 Å². The third kappa shape index (κ3) is 3.08. The Morgan fingerprint density at radius 2 is 1.78 bits per heavy atom. The molecule has 27 heavy (non-hydrogen) atoms. The zero-order valence-corrected chi connectivity index (χ0v) is 14.4. The number of carbonyl (C=O) groups is 3. The van der Waals surface area contributed by atoms with Crippen molar-refractivity contribution >= 4 is 23.4 Å². The number of nitrogens with one attached hydrogen (secondary N) is 1. The van der Waals surface area contributed by atoms with Gasteiger partial charge < -0.3 is 5.32 Å². The van der Waals surface area contributed by atoms with Crippen molar-refractivity contribution in [3.05, 3.63) is 77.4 Å². The maximum absolute atomic E-state index is 12.5. The number of carbonyl (C=O) groups excluding carboxylic acids is 3. The Kier molecular flexibility index (Phi) is 4.00. The predicted octanol–water partition coefficient (Wildman–Crippen LogP) is 1.80. The molecule has 0 saturated carbocycles. The predicted molar refractivity (Wildman–Crippen MR) is 96.4 cm³/mol. The van der Waals surface area contributed by atoms with Crippen LogP contribution in [-0.4, -0.2) is 44.4 Å². The van der Waals surface area contributed by atoms with E-state index in [1.807, 2.05) is 12.1 Å². The van der Waals surface area contributed by atoms with Gasteiger partial charge in [-0.3, -0.25) is 19.3 Å². The van der Waals surface area contributed by atoms with Crippen LogP contribution in [0.1, 0.15) is 36.6 Å². The average molecular weight is 361 g/mol. The Bertz CT molecular complexity index is 1040. The van der Waals surface area contributed by atoms with E-state index >= 15 is 0 Å². The number of fused-ring (bicyclic) bond motifs is 1. The summed E-state index contributed by atoms with van der Waals surface area (Å²) >= 11 is 0. The number of hydrogen-bond donors (Lipinski definition) is 1. The van der Waals surface area contributed by atoms with Crippen LogP contribution < -0.4 is 5.32 Å². The van der Waals surface area contributed by atoms with Gasteiger partial charge in [-0.15, -0.1) is 0 Å². The van der Waals surface area contributed by atoms with Gasteiger partial charge >= 0.3 is 0 Å². The molecule has 4 rings (SSSR count). The minimum Gasteiger partial charge on any atom is -0.322 e. The Labute approximate surface area is 154 Å². The highest BCUT2D eigenvalue weighted by atomic mass is 16.2. The lowest BCUT2D eigenvalue weighted by Gasteiger charge is -2.07. The normalized spacial score (nSPS) is 13.0. The summed E-state index contributed by atoms with van der Waals surface area (Å²) in [5.41, 5.74) is 2.57. The summed E-state index contributed by atoms with van der Waals surface area (Å²) in [4.78, 5) is 41.4. The van der Waals surface area contributed by atoms with E-state index in [-0.39, 0.29) is 17.7 Å². The molecule has 0 spiro atoms. The maximum atomic E-state index is 12.5. The molecule has 0 saturated heterocycles. The second-order valence-electron chi connectivity index (χ2n) is 6.17. The topological polar surface area (TPSA) is 97.2 Å². The van der Waals surface area contributed by atoms with E-state index in [0.29, 0.717) is 28.9 Å². The summed E-state index contributed by atoms with van der Waals surface area (Å²) in [5, 5.41) is 6.80. The van der Waals surface area contributed by atoms with Crippen molar-refractivity contribution in [1.82, 2.24) is 19.7 Å². The number of benzene rings is 2. The quantitative estimate of drug-likeness (QED) is 0.715. The Hall–Kier alpha value is -3.81. The van der Waals surface area contributed by atoms with Crippen molar-refractivity contribution in [2.24, 2.45) is 0 Å². The largest absolute Gasteiger partial charge is 0.322 e. The molecule has 1 aliphatic heterocycles. The van der Waals surface area contributed by atoms with Crippen LogP contribution in [0.5, 0.6) is 0 Å². The van der Waals surface area contributed by atoms with E-state index in [4.69, 9.17) is 0 Å². The van der Waals surface area contributed by atoms with E-state index in [1.54, 1.807) is 35.3 Å². The third-order valence-corrected chi connectivity index (χ3v) is 4.37. The van der Waals surface area contributed by atoms with Gasteiger partial charge in [0.05, 0.1) is 17.7 Å². The van der Waals surface area contributed by atoms with Crippen LogP contribution in [0.25, 0.3) is 0 Å². The van der Waals surface area contributed by atoms with Gasteiger partial charge in [-0.1, -0.05) is 12.1 Å². The molecule has 0 unspecified atom stereocenters. The van der Waals surface area contributed by atoms with Crippen molar-refractivity contribution in [2.75, 3.05) is 12.4 Å². The summed E-state index contributed by atoms with van der Waals surface area (Å²) in [7, 11) is 1.43. The van der Waals surface area contributed by atoms with Crippen LogP contribution in [0.2, 0.25) is 0 Å². The van der Waals surface area contributed by atoms with Crippen molar-refractivity contribution in [1.29, 1.82) is 0 Å². The van der Waals surface area contributed by atoms with Crippen molar-refractivity contribution in [3.63, 3.8) is 0 Å². The molecular weight excluding hydrogens is 346 g/mol. The Morgan fingerprint density at radius 1 is 1.04 bits per heavy atom. The molecule has 1 aromatic heterocycles. The van der Waals surface area contributed by atoms with Gasteiger partial charge in [-0.2, -0.15) is 5.10 Å². The van der Waals surface area contributed by atoms with Gasteiger partial charge in [0, 0.05) is 18.3 Å². The highest BCUT2D eigenvalue weighted by molar-refractivity contribution is 6.21. The molecule has 0 bridgehead atoms. The molecular formula is C19H15N5O3. The first-order valence-corrected chi connectivity index (χ1v) is 8.22. The lowest BCUT2D eigenvalue weighted by Crippen LogP contribution is -2.24. The SMILES string of the molecule is CN1C(=O)c2ccc(NC(=O)c3ccc(Cn4cncn4)cc3)cc2C1=O. The minimum atomic E-state index is -0.372. The van der Waals surface area contributed by atoms with Gasteiger partial charge in [-0.25, -0.2) is 9.67 Å². The smallest absolute Gasteiger partial charge is 0.261 e. The fourth-order valence-electron chi connectivity index (χ4n) is 2.91. The number of rotatable bonds is 4. The summed E-state index contributed by atoms with van der Waals surface area (Å²) in [6, 6.07) is 11.8. The average Bonchev–Trinajstić information content (AvgIpc) is 3.26. The van der Waals surface area contributed by atoms with Crippen LogP contribution in [0, 0.1) is 0 Å². The fraction of sp³-hybridized carbons (Fsp3) is 0.105. The number of hydrogen-bond acceptors (Lipinski definition) is 5. The van der Waals surface area contributed by atoms with Crippen LogP contribution in [0.15, 0.2) is 55.1 Å². The third-order valence-electron chi connectivity index (χ3n) is 4.37. The summed E-state index contributed by atoms with van der Waals surface area (Å²) < 4.78 is 1.69. The lowest BCUT2D eigenvalue weighted by molar-refractivity contribution is 0.0692. The fourth-order valence-corrected chi connectivity index (χ4v) is 2.91. The lowest BCUT2D eigenvalue weighted by atomic mass is 10.1. The zero-order chi connectivity index (χ0) is 19.0. The van der Waals surface area contributed by atoms with E-state index < -0.39 is 0 Å². The number of aromatic nitrogens is 3. The van der Waals surface area contributed by atoms with Gasteiger partial charge in [0.15, 0.2) is 0 Å². The second-order valence-corrected chi connectivity index (χ2v) is 6.17. The standard InChI is InChI=1S/C19H15N5O3/c1-23-18(26)15-7-6-14(8-16(15)19(23)27)22-17(25)13-4-2-12(3-5-13)9-24-11-20-10-21-24/h2-8,10-11H,9H2,1H3,(H,22,25). The van der Waals surface area contributed by atoms with Crippen LogP contribution >= 0.6 is 0 Å². The molecule has 0 atom stereocenters. The van der Waals surface area contributed by atoms with Gasteiger partial charge in [0.2, 0.25) is 0 Å². The molecule has 2 aromatic carbocycles. The molecule has 1 aliphatic rings. The molecule has 8 heteroatoms. The van der Waals surface area contributed by atoms with Crippen LogP contribution in [0.4, 0.5) is 5.69 Å². The van der Waals surface area contributed by atoms with Gasteiger partial charge in [-0.05, 0) is 35.9 Å². The second kappa shape index (κ2) is 6.49. The summed E-state index contributed by atoms with van der Waals surface area (Å²) in [6.07, 6.45) is 3.09. The molecule has 8 nitrogen and oxygen atoms in total. The monoisotopic (exact) mass is 361 g/mol. The minimum absolute atomic E-state index is 0.295. The van der Waals surface area contributed by atoms with E-state index in [0.717, 1.165) is 10.5 Å². The molecule has 0 aliphatic carbocycles. The first kappa shape index (κ1) is 16.6. The maximum Gasteiger partial charge on any atom is 0.261 e. The van der Waals surface area contributed by atoms with Gasteiger partial charge in [0.25, 0.3) is 17.7 Å². The first-order valence-electron chi connectivity index (χ1n) is 8.22. The highest BCUT2D eigenvalue weighted by Crippen LogP contribution is 2.25.